The molecule has 0 aromatic heterocycles. The highest BCUT2D eigenvalue weighted by molar-refractivity contribution is 9.10. The molecule has 1 amide bonds. The van der Waals surface area contributed by atoms with Gasteiger partial charge in [0.05, 0.1) is 17.1 Å². The zero-order valence-electron chi connectivity index (χ0n) is 22.2. The van der Waals surface area contributed by atoms with E-state index >= 15 is 0 Å². The summed E-state index contributed by atoms with van der Waals surface area (Å²) in [6.07, 6.45) is 1.39. The summed E-state index contributed by atoms with van der Waals surface area (Å²) in [5.74, 6) is 0.561. The van der Waals surface area contributed by atoms with Gasteiger partial charge in [0.1, 0.15) is 30.6 Å². The number of nitriles is 1. The van der Waals surface area contributed by atoms with Crippen molar-refractivity contribution in [3.63, 3.8) is 0 Å². The fourth-order valence-electron chi connectivity index (χ4n) is 3.73. The molecule has 42 heavy (non-hydrogen) atoms. The van der Waals surface area contributed by atoms with E-state index in [4.69, 9.17) is 25.8 Å². The smallest absolute Gasteiger partial charge is 0.269 e. The minimum atomic E-state index is -0.602. The van der Waals surface area contributed by atoms with Crippen molar-refractivity contribution in [2.24, 2.45) is 0 Å². The van der Waals surface area contributed by atoms with Gasteiger partial charge in [0.2, 0.25) is 0 Å². The number of nitro benzene ring substituents is 1. The number of non-ortho nitro benzene ring substituents is 1. The Hall–Kier alpha value is -4.85. The summed E-state index contributed by atoms with van der Waals surface area (Å²) in [7, 11) is 1.43. The quantitative estimate of drug-likeness (QED) is 0.0764. The van der Waals surface area contributed by atoms with E-state index in [9.17, 15) is 20.2 Å². The van der Waals surface area contributed by atoms with Crippen LogP contribution in [0.5, 0.6) is 17.2 Å². The molecular formula is C31H23BrClN3O6. The number of ether oxygens (including phenoxy) is 3. The number of amides is 1. The Morgan fingerprint density at radius 2 is 1.62 bits per heavy atom. The number of rotatable bonds is 11. The lowest BCUT2D eigenvalue weighted by Crippen LogP contribution is -2.13. The number of carbonyl (C=O) groups excluding carboxylic acids is 1. The zero-order valence-corrected chi connectivity index (χ0v) is 24.5. The number of methoxy groups -OCH3 is 1. The van der Waals surface area contributed by atoms with Crippen LogP contribution in [0.3, 0.4) is 0 Å². The predicted octanol–water partition coefficient (Wildman–Crippen LogP) is 7.72. The highest BCUT2D eigenvalue weighted by Crippen LogP contribution is 2.37. The lowest BCUT2D eigenvalue weighted by atomic mass is 10.1. The van der Waals surface area contributed by atoms with E-state index in [0.29, 0.717) is 29.2 Å². The molecule has 0 spiro atoms. The molecule has 0 saturated heterocycles. The largest absolute Gasteiger partial charge is 0.493 e. The van der Waals surface area contributed by atoms with E-state index in [0.717, 1.165) is 10.0 Å². The van der Waals surface area contributed by atoms with Gasteiger partial charge in [-0.1, -0.05) is 39.7 Å². The Balaban J connectivity index is 1.40. The molecule has 4 aromatic carbocycles. The molecule has 0 fully saturated rings. The van der Waals surface area contributed by atoms with Gasteiger partial charge in [-0.05, 0) is 83.4 Å². The van der Waals surface area contributed by atoms with Gasteiger partial charge >= 0.3 is 0 Å². The Labute approximate surface area is 255 Å². The maximum atomic E-state index is 12.8. The summed E-state index contributed by atoms with van der Waals surface area (Å²) in [5.41, 5.74) is 2.46. The summed E-state index contributed by atoms with van der Waals surface area (Å²) < 4.78 is 18.0. The highest BCUT2D eigenvalue weighted by atomic mass is 79.9. The average molecular weight is 649 g/mol. The van der Waals surface area contributed by atoms with E-state index in [1.807, 2.05) is 30.3 Å². The fourth-order valence-corrected chi connectivity index (χ4v) is 4.27. The van der Waals surface area contributed by atoms with Crippen LogP contribution in [0.4, 0.5) is 11.4 Å². The predicted molar refractivity (Wildman–Crippen MR) is 163 cm³/mol. The van der Waals surface area contributed by atoms with Crippen LogP contribution in [0.2, 0.25) is 5.02 Å². The molecule has 0 aliphatic carbocycles. The second-order valence-corrected chi connectivity index (χ2v) is 10.1. The van der Waals surface area contributed by atoms with Crippen LogP contribution >= 0.6 is 27.5 Å². The normalized spacial score (nSPS) is 10.9. The molecule has 0 aliphatic heterocycles. The molecule has 0 aliphatic rings. The van der Waals surface area contributed by atoms with Crippen molar-refractivity contribution < 1.29 is 23.9 Å². The van der Waals surface area contributed by atoms with Crippen LogP contribution in [0.1, 0.15) is 16.7 Å². The maximum Gasteiger partial charge on any atom is 0.269 e. The van der Waals surface area contributed by atoms with Crippen LogP contribution in [0, 0.1) is 21.4 Å². The van der Waals surface area contributed by atoms with Crippen LogP contribution in [0.25, 0.3) is 6.08 Å². The topological polar surface area (TPSA) is 124 Å². The van der Waals surface area contributed by atoms with Gasteiger partial charge < -0.3 is 19.5 Å². The third-order valence-corrected chi connectivity index (χ3v) is 6.70. The highest BCUT2D eigenvalue weighted by Gasteiger charge is 2.15. The summed E-state index contributed by atoms with van der Waals surface area (Å²) >= 11 is 9.85. The van der Waals surface area contributed by atoms with Crippen molar-refractivity contribution in [3.05, 3.63) is 127 Å². The minimum Gasteiger partial charge on any atom is -0.493 e. The molecule has 0 radical (unpaired) electrons. The number of benzene rings is 4. The molecule has 0 atom stereocenters. The molecule has 4 rings (SSSR count). The molecule has 212 valence electrons. The molecule has 0 saturated carbocycles. The summed E-state index contributed by atoms with van der Waals surface area (Å²) in [4.78, 5) is 23.2. The first-order valence-electron chi connectivity index (χ1n) is 12.4. The maximum absolute atomic E-state index is 12.8. The first-order chi connectivity index (χ1) is 20.2. The first-order valence-corrected chi connectivity index (χ1v) is 13.6. The van der Waals surface area contributed by atoms with Gasteiger partial charge in [0.15, 0.2) is 11.5 Å². The van der Waals surface area contributed by atoms with E-state index in [-0.39, 0.29) is 34.4 Å². The molecule has 0 heterocycles. The number of carbonyl (C=O) groups is 1. The molecular weight excluding hydrogens is 626 g/mol. The van der Waals surface area contributed by atoms with Gasteiger partial charge in [-0.2, -0.15) is 5.26 Å². The van der Waals surface area contributed by atoms with E-state index in [1.54, 1.807) is 42.5 Å². The van der Waals surface area contributed by atoms with Crippen molar-refractivity contribution in [3.8, 4) is 23.3 Å². The third kappa shape index (κ3) is 8.10. The lowest BCUT2D eigenvalue weighted by molar-refractivity contribution is -0.384. The van der Waals surface area contributed by atoms with Crippen molar-refractivity contribution in [1.29, 1.82) is 5.26 Å². The Kier molecular flexibility index (Phi) is 10.2. The van der Waals surface area contributed by atoms with E-state index in [1.165, 1.54) is 31.4 Å². The molecule has 9 nitrogen and oxygen atoms in total. The summed E-state index contributed by atoms with van der Waals surface area (Å²) in [6.45, 7) is 0.483. The van der Waals surface area contributed by atoms with Gasteiger partial charge in [-0.3, -0.25) is 14.9 Å². The Bertz CT molecular complexity index is 1650. The van der Waals surface area contributed by atoms with E-state index < -0.39 is 10.8 Å². The average Bonchev–Trinajstić information content (AvgIpc) is 2.99. The lowest BCUT2D eigenvalue weighted by Gasteiger charge is -2.13. The van der Waals surface area contributed by atoms with Crippen molar-refractivity contribution >= 4 is 50.9 Å². The monoisotopic (exact) mass is 647 g/mol. The van der Waals surface area contributed by atoms with Gasteiger partial charge in [-0.15, -0.1) is 0 Å². The van der Waals surface area contributed by atoms with E-state index in [2.05, 4.69) is 21.2 Å². The number of nitrogens with zero attached hydrogens (tertiary/aromatic N) is 2. The fraction of sp³-hybridized carbons (Fsp3) is 0.0968. The molecule has 0 unspecified atom stereocenters. The van der Waals surface area contributed by atoms with Crippen LogP contribution < -0.4 is 19.5 Å². The minimum absolute atomic E-state index is 0.0264. The standard InChI is InChI=1S/C31H23BrClN3O6/c1-40-29-16-22(15-28(33)30(29)42-19-21-4-10-26(11-5-21)36(38)39)14-23(17-34)31(37)35-25-8-12-27(13-9-25)41-18-20-2-6-24(32)7-3-20/h2-16H,18-19H2,1H3,(H,35,37)/b23-14+. The molecule has 4 aromatic rings. The van der Waals surface area contributed by atoms with Gasteiger partial charge in [0.25, 0.3) is 11.6 Å². The van der Waals surface area contributed by atoms with Crippen LogP contribution in [-0.2, 0) is 18.0 Å². The molecule has 0 bridgehead atoms. The van der Waals surface area contributed by atoms with Crippen LogP contribution in [0.15, 0.2) is 95.0 Å². The third-order valence-electron chi connectivity index (χ3n) is 5.89. The second kappa shape index (κ2) is 14.2. The number of hydrogen-bond donors (Lipinski definition) is 1. The molecule has 11 heteroatoms. The number of anilines is 1. The summed E-state index contributed by atoms with van der Waals surface area (Å²) in [6, 6.07) is 25.6. The Morgan fingerprint density at radius 3 is 2.21 bits per heavy atom. The molecule has 1 N–H and O–H groups in total. The number of nitrogens with one attached hydrogen (secondary N) is 1. The SMILES string of the molecule is COc1cc(/C=C(\C#N)C(=O)Nc2ccc(OCc3ccc(Br)cc3)cc2)cc(Cl)c1OCc1ccc([N+](=O)[O-])cc1. The number of halogens is 2. The van der Waals surface area contributed by atoms with Crippen LogP contribution in [-0.4, -0.2) is 17.9 Å². The van der Waals surface area contributed by atoms with Gasteiger partial charge in [0, 0.05) is 22.3 Å². The van der Waals surface area contributed by atoms with Crippen molar-refractivity contribution in [2.45, 2.75) is 13.2 Å². The Morgan fingerprint density at radius 1 is 1.00 bits per heavy atom. The van der Waals surface area contributed by atoms with Gasteiger partial charge in [-0.25, -0.2) is 0 Å². The van der Waals surface area contributed by atoms with Crippen molar-refractivity contribution in [1.82, 2.24) is 0 Å². The number of nitro groups is 1. The first kappa shape index (κ1) is 30.1. The second-order valence-electron chi connectivity index (χ2n) is 8.81. The zero-order chi connectivity index (χ0) is 30.1. The number of hydrogen-bond acceptors (Lipinski definition) is 7. The van der Waals surface area contributed by atoms with Crippen molar-refractivity contribution in [2.75, 3.05) is 12.4 Å². The summed E-state index contributed by atoms with van der Waals surface area (Å²) in [5, 5.41) is 23.4.